The molecule has 11 rings (SSSR count). The fourth-order valence-corrected chi connectivity index (χ4v) is 8.50. The minimum absolute atomic E-state index is 1.12. The quantitative estimate of drug-likeness (QED) is 0.180. The van der Waals surface area contributed by atoms with Crippen molar-refractivity contribution in [1.29, 1.82) is 0 Å². The van der Waals surface area contributed by atoms with E-state index in [-0.39, 0.29) is 0 Å². The largest absolute Gasteiger partial charge is 0.309 e. The average Bonchev–Trinajstić information content (AvgIpc) is 3.84. The third-order valence-electron chi connectivity index (χ3n) is 10.6. The maximum absolute atomic E-state index is 2.46. The normalized spacial score (nSPS) is 11.9. The predicted octanol–water partition coefficient (Wildman–Crippen LogP) is 12.6. The summed E-state index contributed by atoms with van der Waals surface area (Å²) in [4.78, 5) is 0. The van der Waals surface area contributed by atoms with E-state index in [4.69, 9.17) is 0 Å². The molecule has 0 fully saturated rings. The minimum atomic E-state index is 1.12. The molecular formula is C48H31N3. The summed E-state index contributed by atoms with van der Waals surface area (Å²) >= 11 is 0. The van der Waals surface area contributed by atoms with Crippen LogP contribution in [-0.4, -0.2) is 13.7 Å². The lowest BCUT2D eigenvalue weighted by molar-refractivity contribution is 1.13. The molecule has 0 amide bonds. The standard InChI is InChI=1S/C48H31N3/c1-2-15-32(16-3-1)33-29-34(49-41-22-9-4-17-36(41)37-18-5-10-23-42(37)49)31-35(30-33)50-45-26-13-8-21-40(45)48-46(50)27-14-28-47(48)51-43-24-11-6-19-38(43)39-20-7-12-25-44(39)51/h1-31H. The number of benzene rings is 8. The first-order chi connectivity index (χ1) is 25.3. The molecule has 0 aliphatic rings. The van der Waals surface area contributed by atoms with Gasteiger partial charge in [0.1, 0.15) is 0 Å². The molecule has 8 aromatic carbocycles. The smallest absolute Gasteiger partial charge is 0.0562 e. The highest BCUT2D eigenvalue weighted by Crippen LogP contribution is 2.41. The van der Waals surface area contributed by atoms with Crippen LogP contribution in [0.2, 0.25) is 0 Å². The van der Waals surface area contributed by atoms with E-state index in [1.54, 1.807) is 0 Å². The molecular weight excluding hydrogens is 619 g/mol. The summed E-state index contributed by atoms with van der Waals surface area (Å²) in [6.07, 6.45) is 0. The van der Waals surface area contributed by atoms with Gasteiger partial charge in [-0.15, -0.1) is 0 Å². The van der Waals surface area contributed by atoms with Gasteiger partial charge in [0.15, 0.2) is 0 Å². The fourth-order valence-electron chi connectivity index (χ4n) is 8.50. The van der Waals surface area contributed by atoms with Crippen molar-refractivity contribution in [2.75, 3.05) is 0 Å². The van der Waals surface area contributed by atoms with Gasteiger partial charge >= 0.3 is 0 Å². The van der Waals surface area contributed by atoms with Crippen molar-refractivity contribution >= 4 is 65.4 Å². The first-order valence-corrected chi connectivity index (χ1v) is 17.5. The van der Waals surface area contributed by atoms with Crippen LogP contribution < -0.4 is 0 Å². The first-order valence-electron chi connectivity index (χ1n) is 17.5. The van der Waals surface area contributed by atoms with Crippen LogP contribution in [0.1, 0.15) is 0 Å². The van der Waals surface area contributed by atoms with Crippen molar-refractivity contribution in [3.63, 3.8) is 0 Å². The van der Waals surface area contributed by atoms with Crippen LogP contribution >= 0.6 is 0 Å². The van der Waals surface area contributed by atoms with Gasteiger partial charge in [-0.3, -0.25) is 0 Å². The van der Waals surface area contributed by atoms with E-state index in [0.717, 1.165) is 11.4 Å². The number of fused-ring (bicyclic) bond motifs is 9. The Morgan fingerprint density at radius 1 is 0.255 bits per heavy atom. The molecule has 11 aromatic rings. The van der Waals surface area contributed by atoms with Crippen LogP contribution in [-0.2, 0) is 0 Å². The molecule has 3 heterocycles. The molecule has 3 aromatic heterocycles. The molecule has 0 aliphatic heterocycles. The van der Waals surface area contributed by atoms with Gasteiger partial charge in [0.25, 0.3) is 0 Å². The lowest BCUT2D eigenvalue weighted by atomic mass is 10.0. The van der Waals surface area contributed by atoms with Crippen molar-refractivity contribution in [1.82, 2.24) is 13.7 Å². The van der Waals surface area contributed by atoms with E-state index >= 15 is 0 Å². The maximum Gasteiger partial charge on any atom is 0.0562 e. The highest BCUT2D eigenvalue weighted by molar-refractivity contribution is 6.16. The zero-order chi connectivity index (χ0) is 33.5. The van der Waals surface area contributed by atoms with Crippen molar-refractivity contribution in [3.8, 4) is 28.2 Å². The molecule has 0 unspecified atom stereocenters. The second-order valence-electron chi connectivity index (χ2n) is 13.4. The summed E-state index contributed by atoms with van der Waals surface area (Å²) in [6.45, 7) is 0. The van der Waals surface area contributed by atoms with Gasteiger partial charge < -0.3 is 13.7 Å². The zero-order valence-electron chi connectivity index (χ0n) is 27.7. The van der Waals surface area contributed by atoms with Crippen LogP contribution in [0.4, 0.5) is 0 Å². The van der Waals surface area contributed by atoms with E-state index in [2.05, 4.69) is 202 Å². The molecule has 238 valence electrons. The van der Waals surface area contributed by atoms with Crippen LogP contribution in [0, 0.1) is 0 Å². The molecule has 0 spiro atoms. The van der Waals surface area contributed by atoms with Gasteiger partial charge in [-0.1, -0.05) is 127 Å². The predicted molar refractivity (Wildman–Crippen MR) is 215 cm³/mol. The van der Waals surface area contributed by atoms with E-state index in [1.165, 1.54) is 82.2 Å². The Bertz CT molecular complexity index is 3030. The summed E-state index contributed by atoms with van der Waals surface area (Å²) in [7, 11) is 0. The van der Waals surface area contributed by atoms with Gasteiger partial charge in [0.2, 0.25) is 0 Å². The molecule has 3 heteroatoms. The van der Waals surface area contributed by atoms with E-state index in [9.17, 15) is 0 Å². The van der Waals surface area contributed by atoms with Gasteiger partial charge in [0, 0.05) is 43.7 Å². The minimum Gasteiger partial charge on any atom is -0.309 e. The molecule has 0 saturated heterocycles. The molecule has 0 atom stereocenters. The number of nitrogens with zero attached hydrogens (tertiary/aromatic N) is 3. The highest BCUT2D eigenvalue weighted by Gasteiger charge is 2.21. The monoisotopic (exact) mass is 649 g/mol. The molecule has 0 aliphatic carbocycles. The van der Waals surface area contributed by atoms with Crippen molar-refractivity contribution in [2.24, 2.45) is 0 Å². The zero-order valence-corrected chi connectivity index (χ0v) is 27.7. The molecule has 0 bridgehead atoms. The number of hydrogen-bond acceptors (Lipinski definition) is 0. The molecule has 0 radical (unpaired) electrons. The summed E-state index contributed by atoms with van der Waals surface area (Å²) in [5.74, 6) is 0. The maximum atomic E-state index is 2.46. The average molecular weight is 650 g/mol. The Morgan fingerprint density at radius 3 is 1.18 bits per heavy atom. The lowest BCUT2D eigenvalue weighted by Crippen LogP contribution is -2.00. The molecule has 51 heavy (non-hydrogen) atoms. The summed E-state index contributed by atoms with van der Waals surface area (Å²) in [5, 5.41) is 7.51. The number of para-hydroxylation sites is 5. The van der Waals surface area contributed by atoms with E-state index in [0.29, 0.717) is 0 Å². The van der Waals surface area contributed by atoms with Crippen LogP contribution in [0.5, 0.6) is 0 Å². The van der Waals surface area contributed by atoms with Crippen molar-refractivity contribution in [2.45, 2.75) is 0 Å². The van der Waals surface area contributed by atoms with Crippen molar-refractivity contribution < 1.29 is 0 Å². The fraction of sp³-hybridized carbons (Fsp3) is 0. The molecule has 0 N–H and O–H groups in total. The number of hydrogen-bond donors (Lipinski definition) is 0. The Hall–Kier alpha value is -6.84. The van der Waals surface area contributed by atoms with Crippen LogP contribution in [0.15, 0.2) is 188 Å². The van der Waals surface area contributed by atoms with Crippen LogP contribution in [0.3, 0.4) is 0 Å². The number of aromatic nitrogens is 3. The Kier molecular flexibility index (Phi) is 5.96. The number of rotatable bonds is 4. The SMILES string of the molecule is c1ccc(-c2cc(-n3c4ccccc4c4ccccc43)cc(-n3c4ccccc4c4c(-n5c6ccccc6c6ccccc65)cccc43)c2)cc1. The first kappa shape index (κ1) is 28.0. The second kappa shape index (κ2) is 10.8. The Labute approximate surface area is 294 Å². The lowest BCUT2D eigenvalue weighted by Gasteiger charge is -2.16. The highest BCUT2D eigenvalue weighted by atomic mass is 15.0. The van der Waals surface area contributed by atoms with Gasteiger partial charge in [-0.25, -0.2) is 0 Å². The second-order valence-corrected chi connectivity index (χ2v) is 13.4. The Balaban J connectivity index is 1.26. The third kappa shape index (κ3) is 4.06. The van der Waals surface area contributed by atoms with Gasteiger partial charge in [0.05, 0.1) is 38.8 Å². The van der Waals surface area contributed by atoms with Crippen molar-refractivity contribution in [3.05, 3.63) is 188 Å². The van der Waals surface area contributed by atoms with Crippen LogP contribution in [0.25, 0.3) is 93.6 Å². The Morgan fingerprint density at radius 2 is 0.647 bits per heavy atom. The van der Waals surface area contributed by atoms with Gasteiger partial charge in [-0.05, 0) is 71.8 Å². The summed E-state index contributed by atoms with van der Waals surface area (Å²) in [5.41, 5.74) is 13.0. The van der Waals surface area contributed by atoms with Gasteiger partial charge in [-0.2, -0.15) is 0 Å². The summed E-state index contributed by atoms with van der Waals surface area (Å²) < 4.78 is 7.34. The third-order valence-corrected chi connectivity index (χ3v) is 10.6. The van der Waals surface area contributed by atoms with E-state index < -0.39 is 0 Å². The van der Waals surface area contributed by atoms with E-state index in [1.807, 2.05) is 0 Å². The topological polar surface area (TPSA) is 14.8 Å². The molecule has 3 nitrogen and oxygen atoms in total. The summed E-state index contributed by atoms with van der Waals surface area (Å²) in [6, 6.07) is 68.5. The molecule has 0 saturated carbocycles.